The van der Waals surface area contributed by atoms with Gasteiger partial charge < -0.3 is 5.11 Å². The first-order valence-corrected chi connectivity index (χ1v) is 4.16. The highest BCUT2D eigenvalue weighted by Gasteiger charge is 2.03. The zero-order valence-corrected chi connectivity index (χ0v) is 7.01. The van der Waals surface area contributed by atoms with E-state index < -0.39 is 0 Å². The molecule has 1 heteroatoms. The van der Waals surface area contributed by atoms with Crippen LogP contribution in [0, 0.1) is 29.6 Å². The quantitative estimate of drug-likeness (QED) is 0.574. The molecule has 0 spiro atoms. The van der Waals surface area contributed by atoms with Gasteiger partial charge in [-0.1, -0.05) is 23.7 Å². The third-order valence-electron chi connectivity index (χ3n) is 1.78. The van der Waals surface area contributed by atoms with Crippen LogP contribution in [0.25, 0.3) is 0 Å². The standard InChI is InChI=1S/C11H12O/c12-10-11-8-6-4-2-1-3-5-7-9-11/h1-2,11-12H,7-10H2/b2-1-/t11-/m0/s1. The van der Waals surface area contributed by atoms with E-state index in [-0.39, 0.29) is 6.61 Å². The molecule has 1 aliphatic carbocycles. The molecule has 0 unspecified atom stereocenters. The summed E-state index contributed by atoms with van der Waals surface area (Å²) < 4.78 is 0. The number of hydrogen-bond acceptors (Lipinski definition) is 1. The summed E-state index contributed by atoms with van der Waals surface area (Å²) in [5.74, 6) is 12.1. The Hall–Kier alpha value is -1.18. The van der Waals surface area contributed by atoms with E-state index in [1.54, 1.807) is 12.2 Å². The molecule has 1 atom stereocenters. The number of rotatable bonds is 1. The second-order valence-corrected chi connectivity index (χ2v) is 2.77. The summed E-state index contributed by atoms with van der Waals surface area (Å²) in [6.07, 6.45) is 6.12. The molecule has 62 valence electrons. The van der Waals surface area contributed by atoms with Crippen molar-refractivity contribution < 1.29 is 5.11 Å². The van der Waals surface area contributed by atoms with Crippen LogP contribution in [0.1, 0.15) is 19.3 Å². The van der Waals surface area contributed by atoms with E-state index in [0.29, 0.717) is 5.92 Å². The van der Waals surface area contributed by atoms with Crippen LogP contribution in [-0.4, -0.2) is 11.7 Å². The highest BCUT2D eigenvalue weighted by molar-refractivity contribution is 5.25. The number of aliphatic hydroxyl groups is 1. The average Bonchev–Trinajstić information content (AvgIpc) is 2.14. The Morgan fingerprint density at radius 1 is 1.25 bits per heavy atom. The highest BCUT2D eigenvalue weighted by atomic mass is 16.3. The molecule has 0 heterocycles. The van der Waals surface area contributed by atoms with Crippen LogP contribution >= 0.6 is 0 Å². The minimum atomic E-state index is 0.222. The van der Waals surface area contributed by atoms with E-state index in [1.165, 1.54) is 0 Å². The number of aliphatic hydroxyl groups excluding tert-OH is 1. The maximum absolute atomic E-state index is 8.94. The molecular weight excluding hydrogens is 148 g/mol. The first kappa shape index (κ1) is 8.91. The van der Waals surface area contributed by atoms with Crippen LogP contribution in [0.5, 0.6) is 0 Å². The van der Waals surface area contributed by atoms with Gasteiger partial charge in [-0.3, -0.25) is 0 Å². The fraction of sp³-hybridized carbons (Fsp3) is 0.455. The van der Waals surface area contributed by atoms with Crippen LogP contribution in [0.3, 0.4) is 0 Å². The van der Waals surface area contributed by atoms with Crippen molar-refractivity contribution >= 4 is 0 Å². The van der Waals surface area contributed by atoms with E-state index >= 15 is 0 Å². The SMILES string of the molecule is OC[C@H]1CC#C/C=C\C#CCC1. The monoisotopic (exact) mass is 160 g/mol. The van der Waals surface area contributed by atoms with Crippen LogP contribution in [0.4, 0.5) is 0 Å². The summed E-state index contributed by atoms with van der Waals surface area (Å²) in [6, 6.07) is 0. The fourth-order valence-corrected chi connectivity index (χ4v) is 1.01. The second-order valence-electron chi connectivity index (χ2n) is 2.77. The van der Waals surface area contributed by atoms with Crippen molar-refractivity contribution in [3.8, 4) is 23.7 Å². The number of allylic oxidation sites excluding steroid dienone is 2. The van der Waals surface area contributed by atoms with Crippen LogP contribution in [-0.2, 0) is 0 Å². The van der Waals surface area contributed by atoms with Gasteiger partial charge in [0.15, 0.2) is 0 Å². The third-order valence-corrected chi connectivity index (χ3v) is 1.78. The Balaban J connectivity index is 2.56. The lowest BCUT2D eigenvalue weighted by Crippen LogP contribution is -2.04. The van der Waals surface area contributed by atoms with E-state index in [4.69, 9.17) is 5.11 Å². The van der Waals surface area contributed by atoms with Gasteiger partial charge in [-0.25, -0.2) is 0 Å². The Morgan fingerprint density at radius 2 is 2.00 bits per heavy atom. The minimum Gasteiger partial charge on any atom is -0.396 e. The van der Waals surface area contributed by atoms with Gasteiger partial charge in [-0.05, 0) is 24.5 Å². The predicted octanol–water partition coefficient (Wildman–Crippen LogP) is 1.34. The summed E-state index contributed by atoms with van der Waals surface area (Å²) in [4.78, 5) is 0. The van der Waals surface area contributed by atoms with Gasteiger partial charge in [-0.15, -0.1) is 0 Å². The van der Waals surface area contributed by atoms with Gasteiger partial charge in [0, 0.05) is 19.4 Å². The van der Waals surface area contributed by atoms with Gasteiger partial charge in [0.1, 0.15) is 0 Å². The molecule has 0 radical (unpaired) electrons. The van der Waals surface area contributed by atoms with Crippen molar-refractivity contribution in [3.05, 3.63) is 12.2 Å². The highest BCUT2D eigenvalue weighted by Crippen LogP contribution is 2.09. The summed E-state index contributed by atoms with van der Waals surface area (Å²) in [6.45, 7) is 0.222. The second kappa shape index (κ2) is 5.47. The molecule has 1 aliphatic rings. The van der Waals surface area contributed by atoms with Crippen LogP contribution in [0.15, 0.2) is 12.2 Å². The molecule has 1 rings (SSSR count). The lowest BCUT2D eigenvalue weighted by Gasteiger charge is -2.07. The summed E-state index contributed by atoms with van der Waals surface area (Å²) in [5, 5.41) is 8.94. The summed E-state index contributed by atoms with van der Waals surface area (Å²) in [7, 11) is 0. The third kappa shape index (κ3) is 3.28. The molecule has 0 amide bonds. The zero-order chi connectivity index (χ0) is 8.65. The first-order valence-electron chi connectivity index (χ1n) is 4.16. The van der Waals surface area contributed by atoms with Crippen molar-refractivity contribution in [3.63, 3.8) is 0 Å². The van der Waals surface area contributed by atoms with Crippen molar-refractivity contribution in [2.24, 2.45) is 5.92 Å². The molecule has 0 aromatic heterocycles. The Bertz CT molecular complexity index is 267. The first-order chi connectivity index (χ1) is 5.93. The van der Waals surface area contributed by atoms with Gasteiger partial charge in [0.05, 0.1) is 0 Å². The predicted molar refractivity (Wildman–Crippen MR) is 49.1 cm³/mol. The van der Waals surface area contributed by atoms with E-state index in [0.717, 1.165) is 19.3 Å². The average molecular weight is 160 g/mol. The lowest BCUT2D eigenvalue weighted by molar-refractivity contribution is 0.222. The lowest BCUT2D eigenvalue weighted by atomic mass is 10.0. The maximum Gasteiger partial charge on any atom is 0.0468 e. The van der Waals surface area contributed by atoms with E-state index in [1.807, 2.05) is 0 Å². The van der Waals surface area contributed by atoms with Crippen molar-refractivity contribution in [2.45, 2.75) is 19.3 Å². The molecule has 0 aliphatic heterocycles. The van der Waals surface area contributed by atoms with Crippen molar-refractivity contribution in [1.82, 2.24) is 0 Å². The normalized spacial score (nSPS) is 24.2. The van der Waals surface area contributed by atoms with Crippen LogP contribution in [0.2, 0.25) is 0 Å². The molecule has 1 N–H and O–H groups in total. The topological polar surface area (TPSA) is 20.2 Å². The molecule has 12 heavy (non-hydrogen) atoms. The molecule has 0 saturated heterocycles. The smallest absolute Gasteiger partial charge is 0.0468 e. The van der Waals surface area contributed by atoms with Gasteiger partial charge in [0.25, 0.3) is 0 Å². The molecule has 0 fully saturated rings. The largest absolute Gasteiger partial charge is 0.396 e. The Labute approximate surface area is 73.5 Å². The van der Waals surface area contributed by atoms with E-state index in [9.17, 15) is 0 Å². The summed E-state index contributed by atoms with van der Waals surface area (Å²) >= 11 is 0. The Morgan fingerprint density at radius 3 is 2.75 bits per heavy atom. The fourth-order valence-electron chi connectivity index (χ4n) is 1.01. The number of hydrogen-bond donors (Lipinski definition) is 1. The van der Waals surface area contributed by atoms with Crippen LogP contribution < -0.4 is 0 Å². The van der Waals surface area contributed by atoms with Gasteiger partial charge >= 0.3 is 0 Å². The van der Waals surface area contributed by atoms with E-state index in [2.05, 4.69) is 23.7 Å². The summed E-state index contributed by atoms with van der Waals surface area (Å²) in [5.41, 5.74) is 0. The molecule has 1 nitrogen and oxygen atoms in total. The van der Waals surface area contributed by atoms with Gasteiger partial charge in [0.2, 0.25) is 0 Å². The van der Waals surface area contributed by atoms with Gasteiger partial charge in [-0.2, -0.15) is 0 Å². The molecule has 0 bridgehead atoms. The molecule has 0 aromatic rings. The maximum atomic E-state index is 8.94. The van der Waals surface area contributed by atoms with Crippen molar-refractivity contribution in [1.29, 1.82) is 0 Å². The molecule has 0 saturated carbocycles. The zero-order valence-electron chi connectivity index (χ0n) is 7.01. The Kier molecular flexibility index (Phi) is 4.06. The minimum absolute atomic E-state index is 0.222. The molecular formula is C11H12O. The van der Waals surface area contributed by atoms with Crippen molar-refractivity contribution in [2.75, 3.05) is 6.61 Å². The molecule has 0 aromatic carbocycles.